The van der Waals surface area contributed by atoms with Crippen molar-refractivity contribution in [3.05, 3.63) is 12.2 Å². The largest absolute Gasteiger partial charge is 0.275 e. The summed E-state index contributed by atoms with van der Waals surface area (Å²) in [7, 11) is 3.13. The number of amides is 1. The molecule has 0 saturated carbocycles. The van der Waals surface area contributed by atoms with Gasteiger partial charge in [0.15, 0.2) is 0 Å². The van der Waals surface area contributed by atoms with Gasteiger partial charge in [-0.25, -0.2) is 5.06 Å². The first-order valence-corrected chi connectivity index (χ1v) is 5.18. The van der Waals surface area contributed by atoms with Crippen LogP contribution < -0.4 is 0 Å². The average molecular weight is 199 g/mol. The highest BCUT2D eigenvalue weighted by molar-refractivity contribution is 5.74. The second kappa shape index (κ2) is 8.75. The van der Waals surface area contributed by atoms with Crippen LogP contribution >= 0.6 is 0 Å². The van der Waals surface area contributed by atoms with E-state index in [1.807, 2.05) is 0 Å². The van der Waals surface area contributed by atoms with Crippen LogP contribution in [0.2, 0.25) is 0 Å². The van der Waals surface area contributed by atoms with Crippen molar-refractivity contribution in [3.8, 4) is 0 Å². The molecule has 3 heteroatoms. The number of hydroxylamine groups is 2. The van der Waals surface area contributed by atoms with Gasteiger partial charge in [0.2, 0.25) is 5.91 Å². The minimum Gasteiger partial charge on any atom is -0.275 e. The molecule has 0 aromatic carbocycles. The van der Waals surface area contributed by atoms with E-state index < -0.39 is 0 Å². The molecule has 0 radical (unpaired) electrons. The summed E-state index contributed by atoms with van der Waals surface area (Å²) in [6, 6.07) is 0. The van der Waals surface area contributed by atoms with E-state index in [2.05, 4.69) is 19.1 Å². The Bertz CT molecular complexity index is 178. The zero-order chi connectivity index (χ0) is 10.8. The van der Waals surface area contributed by atoms with Gasteiger partial charge in [-0.2, -0.15) is 0 Å². The number of nitrogens with zero attached hydrogens (tertiary/aromatic N) is 1. The maximum atomic E-state index is 11.2. The molecule has 0 bridgehead atoms. The molecule has 0 rings (SSSR count). The second-order valence-electron chi connectivity index (χ2n) is 3.23. The Balaban J connectivity index is 3.40. The van der Waals surface area contributed by atoms with E-state index in [9.17, 15) is 4.79 Å². The number of rotatable bonds is 7. The van der Waals surface area contributed by atoms with Gasteiger partial charge in [0.05, 0.1) is 7.11 Å². The summed E-state index contributed by atoms with van der Waals surface area (Å²) in [6.45, 7) is 2.15. The number of unbranched alkanes of at least 4 members (excludes halogenated alkanes) is 2. The van der Waals surface area contributed by atoms with Crippen molar-refractivity contribution >= 4 is 5.91 Å². The summed E-state index contributed by atoms with van der Waals surface area (Å²) in [5.41, 5.74) is 0. The number of carbonyl (C=O) groups excluding carboxylic acids is 1. The quantitative estimate of drug-likeness (QED) is 0.358. The third-order valence-corrected chi connectivity index (χ3v) is 2.01. The molecule has 0 saturated heterocycles. The molecule has 0 unspecified atom stereocenters. The number of hydrogen-bond donors (Lipinski definition) is 0. The fourth-order valence-corrected chi connectivity index (χ4v) is 1.03. The third kappa shape index (κ3) is 6.66. The molecule has 3 nitrogen and oxygen atoms in total. The van der Waals surface area contributed by atoms with Gasteiger partial charge >= 0.3 is 0 Å². The van der Waals surface area contributed by atoms with Crippen molar-refractivity contribution < 1.29 is 9.63 Å². The van der Waals surface area contributed by atoms with Crippen LogP contribution in [0, 0.1) is 0 Å². The van der Waals surface area contributed by atoms with Crippen molar-refractivity contribution in [2.45, 2.75) is 39.0 Å². The molecule has 0 aliphatic carbocycles. The van der Waals surface area contributed by atoms with Gasteiger partial charge in [-0.3, -0.25) is 9.63 Å². The first-order valence-electron chi connectivity index (χ1n) is 5.18. The lowest BCUT2D eigenvalue weighted by Crippen LogP contribution is -2.24. The molecule has 0 spiro atoms. The fourth-order valence-electron chi connectivity index (χ4n) is 1.03. The van der Waals surface area contributed by atoms with Gasteiger partial charge in [0.1, 0.15) is 0 Å². The van der Waals surface area contributed by atoms with Gasteiger partial charge in [-0.15, -0.1) is 0 Å². The van der Waals surface area contributed by atoms with Crippen LogP contribution in [0.5, 0.6) is 0 Å². The van der Waals surface area contributed by atoms with Crippen LogP contribution in [0.25, 0.3) is 0 Å². The predicted octanol–water partition coefficient (Wildman–Crippen LogP) is 2.53. The van der Waals surface area contributed by atoms with Crippen molar-refractivity contribution in [2.24, 2.45) is 0 Å². The summed E-state index contributed by atoms with van der Waals surface area (Å²) in [6.07, 6.45) is 9.05. The highest BCUT2D eigenvalue weighted by atomic mass is 16.7. The molecule has 0 heterocycles. The molecule has 0 aliphatic rings. The lowest BCUT2D eigenvalue weighted by Gasteiger charge is -2.12. The van der Waals surface area contributed by atoms with Crippen molar-refractivity contribution in [2.75, 3.05) is 14.2 Å². The van der Waals surface area contributed by atoms with Gasteiger partial charge < -0.3 is 0 Å². The molecular weight excluding hydrogens is 178 g/mol. The van der Waals surface area contributed by atoms with E-state index in [1.165, 1.54) is 18.6 Å². The Kier molecular flexibility index (Phi) is 8.24. The van der Waals surface area contributed by atoms with Crippen molar-refractivity contribution in [3.63, 3.8) is 0 Å². The topological polar surface area (TPSA) is 29.5 Å². The van der Waals surface area contributed by atoms with E-state index >= 15 is 0 Å². The van der Waals surface area contributed by atoms with Crippen LogP contribution in [0.15, 0.2) is 12.2 Å². The zero-order valence-electron chi connectivity index (χ0n) is 9.45. The van der Waals surface area contributed by atoms with Crippen molar-refractivity contribution in [1.82, 2.24) is 5.06 Å². The van der Waals surface area contributed by atoms with E-state index in [1.54, 1.807) is 7.05 Å². The minimum absolute atomic E-state index is 0.0383. The summed E-state index contributed by atoms with van der Waals surface area (Å²) >= 11 is 0. The molecule has 0 aromatic rings. The first-order chi connectivity index (χ1) is 6.72. The van der Waals surface area contributed by atoms with E-state index in [-0.39, 0.29) is 5.91 Å². The maximum Gasteiger partial charge on any atom is 0.245 e. The van der Waals surface area contributed by atoms with Gasteiger partial charge in [0.25, 0.3) is 0 Å². The lowest BCUT2D eigenvalue weighted by atomic mass is 10.2. The SMILES string of the molecule is CCCC=CCCCC(=O)N(C)OC. The molecule has 0 fully saturated rings. The first kappa shape index (κ1) is 13.2. The molecule has 0 atom stereocenters. The normalized spacial score (nSPS) is 10.8. The summed E-state index contributed by atoms with van der Waals surface area (Å²) in [5.74, 6) is 0.0383. The molecule has 0 aromatic heterocycles. The minimum atomic E-state index is 0.0383. The second-order valence-corrected chi connectivity index (χ2v) is 3.23. The Morgan fingerprint density at radius 1 is 1.36 bits per heavy atom. The highest BCUT2D eigenvalue weighted by Crippen LogP contribution is 2.01. The standard InChI is InChI=1S/C11H21NO2/c1-4-5-6-7-8-9-10-11(13)12(2)14-3/h6-7H,4-5,8-10H2,1-3H3. The van der Waals surface area contributed by atoms with Gasteiger partial charge in [-0.05, 0) is 19.3 Å². The summed E-state index contributed by atoms with van der Waals surface area (Å²) < 4.78 is 0. The number of hydrogen-bond acceptors (Lipinski definition) is 2. The van der Waals surface area contributed by atoms with Crippen LogP contribution in [0.1, 0.15) is 39.0 Å². The average Bonchev–Trinajstić information content (AvgIpc) is 2.21. The lowest BCUT2D eigenvalue weighted by molar-refractivity contribution is -0.168. The molecule has 82 valence electrons. The smallest absolute Gasteiger partial charge is 0.245 e. The van der Waals surface area contributed by atoms with E-state index in [0.717, 1.165) is 19.3 Å². The Morgan fingerprint density at radius 3 is 2.57 bits per heavy atom. The van der Waals surface area contributed by atoms with Gasteiger partial charge in [0, 0.05) is 13.5 Å². The molecule has 0 N–H and O–H groups in total. The highest BCUT2D eigenvalue weighted by Gasteiger charge is 2.05. The van der Waals surface area contributed by atoms with E-state index in [4.69, 9.17) is 4.84 Å². The van der Waals surface area contributed by atoms with Crippen LogP contribution in [-0.2, 0) is 9.63 Å². The van der Waals surface area contributed by atoms with Crippen LogP contribution in [0.4, 0.5) is 0 Å². The third-order valence-electron chi connectivity index (χ3n) is 2.01. The monoisotopic (exact) mass is 199 g/mol. The zero-order valence-corrected chi connectivity index (χ0v) is 9.45. The molecule has 0 aliphatic heterocycles. The van der Waals surface area contributed by atoms with Crippen molar-refractivity contribution in [1.29, 1.82) is 0 Å². The Labute approximate surface area is 86.7 Å². The fraction of sp³-hybridized carbons (Fsp3) is 0.727. The molecule has 1 amide bonds. The summed E-state index contributed by atoms with van der Waals surface area (Å²) in [5, 5.41) is 1.27. The van der Waals surface area contributed by atoms with Crippen LogP contribution in [0.3, 0.4) is 0 Å². The number of carbonyl (C=O) groups is 1. The Morgan fingerprint density at radius 2 is 2.00 bits per heavy atom. The molecular formula is C11H21NO2. The number of allylic oxidation sites excluding steroid dienone is 2. The summed E-state index contributed by atoms with van der Waals surface area (Å²) in [4.78, 5) is 16.0. The molecule has 14 heavy (non-hydrogen) atoms. The van der Waals surface area contributed by atoms with Gasteiger partial charge in [-0.1, -0.05) is 25.5 Å². The van der Waals surface area contributed by atoms with Crippen LogP contribution in [-0.4, -0.2) is 25.1 Å². The maximum absolute atomic E-state index is 11.2. The Hall–Kier alpha value is -0.830. The predicted molar refractivity (Wildman–Crippen MR) is 57.7 cm³/mol. The van der Waals surface area contributed by atoms with E-state index in [0.29, 0.717) is 6.42 Å².